The first-order valence-electron chi connectivity index (χ1n) is 7.26. The van der Waals surface area contributed by atoms with E-state index in [0.29, 0.717) is 11.7 Å². The van der Waals surface area contributed by atoms with Gasteiger partial charge in [0.25, 0.3) is 5.89 Å². The topological polar surface area (TPSA) is 48.2 Å². The van der Waals surface area contributed by atoms with Crippen LogP contribution < -0.4 is 4.74 Å². The number of aryl methyl sites for hydroxylation is 2. The molecule has 0 bridgehead atoms. The van der Waals surface area contributed by atoms with Crippen LogP contribution in [0.25, 0.3) is 11.4 Å². The Kier molecular flexibility index (Phi) is 3.92. The van der Waals surface area contributed by atoms with Crippen molar-refractivity contribution in [3.05, 3.63) is 65.5 Å². The van der Waals surface area contributed by atoms with E-state index in [9.17, 15) is 0 Å². The molecule has 0 N–H and O–H groups in total. The second-order valence-electron chi connectivity index (χ2n) is 5.40. The highest BCUT2D eigenvalue weighted by molar-refractivity contribution is 5.55. The lowest BCUT2D eigenvalue weighted by Crippen LogP contribution is -2.03. The van der Waals surface area contributed by atoms with Gasteiger partial charge in [-0.3, -0.25) is 0 Å². The molecule has 2 aromatic carbocycles. The zero-order valence-corrected chi connectivity index (χ0v) is 12.9. The fraction of sp³-hybridized carbons (Fsp3) is 0.222. The Morgan fingerprint density at radius 3 is 2.50 bits per heavy atom. The van der Waals surface area contributed by atoms with E-state index >= 15 is 0 Å². The zero-order valence-electron chi connectivity index (χ0n) is 12.9. The van der Waals surface area contributed by atoms with E-state index in [-0.39, 0.29) is 6.10 Å². The Labute approximate surface area is 129 Å². The summed E-state index contributed by atoms with van der Waals surface area (Å²) in [7, 11) is 0. The van der Waals surface area contributed by atoms with E-state index in [1.165, 1.54) is 5.56 Å². The van der Waals surface area contributed by atoms with Crippen LogP contribution >= 0.6 is 0 Å². The summed E-state index contributed by atoms with van der Waals surface area (Å²) in [5, 5.41) is 4.04. The predicted molar refractivity (Wildman–Crippen MR) is 84.7 cm³/mol. The second kappa shape index (κ2) is 6.02. The molecule has 0 aliphatic carbocycles. The minimum atomic E-state index is -0.297. The number of ether oxygens (including phenoxy) is 1. The molecule has 1 atom stereocenters. The van der Waals surface area contributed by atoms with Gasteiger partial charge in [-0.1, -0.05) is 46.6 Å². The maximum absolute atomic E-state index is 5.83. The molecule has 0 amide bonds. The van der Waals surface area contributed by atoms with Gasteiger partial charge in [-0.25, -0.2) is 0 Å². The molecule has 0 unspecified atom stereocenters. The molecule has 1 aromatic heterocycles. The molecule has 4 heteroatoms. The van der Waals surface area contributed by atoms with Crippen LogP contribution in [-0.2, 0) is 0 Å². The Hall–Kier alpha value is -2.62. The van der Waals surface area contributed by atoms with Gasteiger partial charge < -0.3 is 9.26 Å². The van der Waals surface area contributed by atoms with E-state index in [1.807, 2.05) is 69.3 Å². The van der Waals surface area contributed by atoms with Gasteiger partial charge in [-0.15, -0.1) is 0 Å². The van der Waals surface area contributed by atoms with Gasteiger partial charge in [-0.05, 0) is 39.0 Å². The third-order valence-electron chi connectivity index (χ3n) is 3.40. The second-order valence-corrected chi connectivity index (χ2v) is 5.40. The van der Waals surface area contributed by atoms with Crippen LogP contribution in [0.1, 0.15) is 30.0 Å². The highest BCUT2D eigenvalue weighted by atomic mass is 16.5. The number of hydrogen-bond donors (Lipinski definition) is 0. The van der Waals surface area contributed by atoms with Crippen LogP contribution in [0.2, 0.25) is 0 Å². The van der Waals surface area contributed by atoms with Crippen LogP contribution in [-0.4, -0.2) is 10.1 Å². The summed E-state index contributed by atoms with van der Waals surface area (Å²) >= 11 is 0. The maximum atomic E-state index is 5.83. The summed E-state index contributed by atoms with van der Waals surface area (Å²) in [6, 6.07) is 15.9. The van der Waals surface area contributed by atoms with Gasteiger partial charge in [-0.2, -0.15) is 4.98 Å². The maximum Gasteiger partial charge on any atom is 0.267 e. The summed E-state index contributed by atoms with van der Waals surface area (Å²) in [5.41, 5.74) is 3.30. The van der Waals surface area contributed by atoms with Crippen molar-refractivity contribution in [2.75, 3.05) is 0 Å². The molecule has 112 valence electrons. The van der Waals surface area contributed by atoms with E-state index in [2.05, 4.69) is 10.1 Å². The van der Waals surface area contributed by atoms with Crippen molar-refractivity contribution in [2.45, 2.75) is 26.9 Å². The lowest BCUT2D eigenvalue weighted by Gasteiger charge is -2.10. The Morgan fingerprint density at radius 1 is 1.00 bits per heavy atom. The Morgan fingerprint density at radius 2 is 1.77 bits per heavy atom. The van der Waals surface area contributed by atoms with Crippen LogP contribution in [0.5, 0.6) is 5.75 Å². The quantitative estimate of drug-likeness (QED) is 0.711. The first-order chi connectivity index (χ1) is 10.6. The van der Waals surface area contributed by atoms with E-state index in [1.54, 1.807) is 0 Å². The van der Waals surface area contributed by atoms with Gasteiger partial charge in [0.05, 0.1) is 0 Å². The molecule has 0 saturated heterocycles. The zero-order chi connectivity index (χ0) is 15.5. The third-order valence-corrected chi connectivity index (χ3v) is 3.40. The SMILES string of the molecule is Cc1ccc(O[C@H](C)c2nc(-c3cccc(C)c3)no2)cc1. The van der Waals surface area contributed by atoms with Crippen molar-refractivity contribution in [3.8, 4) is 17.1 Å². The van der Waals surface area contributed by atoms with Crippen molar-refractivity contribution < 1.29 is 9.26 Å². The number of nitrogens with zero attached hydrogens (tertiary/aromatic N) is 2. The number of rotatable bonds is 4. The molecule has 3 rings (SSSR count). The van der Waals surface area contributed by atoms with Crippen molar-refractivity contribution in [1.82, 2.24) is 10.1 Å². The minimum absolute atomic E-state index is 0.297. The molecule has 22 heavy (non-hydrogen) atoms. The molecule has 0 aliphatic rings. The molecular formula is C18H18N2O2. The van der Waals surface area contributed by atoms with Crippen LogP contribution in [0, 0.1) is 13.8 Å². The van der Waals surface area contributed by atoms with Gasteiger partial charge in [0.1, 0.15) is 5.75 Å². The van der Waals surface area contributed by atoms with Crippen molar-refractivity contribution in [2.24, 2.45) is 0 Å². The lowest BCUT2D eigenvalue weighted by atomic mass is 10.1. The average Bonchev–Trinajstić information content (AvgIpc) is 3.00. The highest BCUT2D eigenvalue weighted by Gasteiger charge is 2.16. The molecule has 0 radical (unpaired) electrons. The minimum Gasteiger partial charge on any atom is -0.481 e. The summed E-state index contributed by atoms with van der Waals surface area (Å²) in [6.07, 6.45) is -0.297. The third kappa shape index (κ3) is 3.17. The lowest BCUT2D eigenvalue weighted by molar-refractivity contribution is 0.176. The van der Waals surface area contributed by atoms with Crippen LogP contribution in [0.15, 0.2) is 53.1 Å². The monoisotopic (exact) mass is 294 g/mol. The Bertz CT molecular complexity index is 763. The largest absolute Gasteiger partial charge is 0.481 e. The van der Waals surface area contributed by atoms with E-state index < -0.39 is 0 Å². The fourth-order valence-corrected chi connectivity index (χ4v) is 2.17. The first-order valence-corrected chi connectivity index (χ1v) is 7.26. The average molecular weight is 294 g/mol. The van der Waals surface area contributed by atoms with Gasteiger partial charge in [0, 0.05) is 5.56 Å². The highest BCUT2D eigenvalue weighted by Crippen LogP contribution is 2.23. The fourth-order valence-electron chi connectivity index (χ4n) is 2.17. The smallest absolute Gasteiger partial charge is 0.267 e. The summed E-state index contributed by atoms with van der Waals surface area (Å²) in [5.74, 6) is 1.84. The molecule has 3 aromatic rings. The van der Waals surface area contributed by atoms with Gasteiger partial charge in [0.15, 0.2) is 6.10 Å². The molecule has 0 saturated carbocycles. The van der Waals surface area contributed by atoms with Gasteiger partial charge in [0.2, 0.25) is 5.82 Å². The number of hydrogen-bond acceptors (Lipinski definition) is 4. The summed E-state index contributed by atoms with van der Waals surface area (Å²) in [6.45, 7) is 5.97. The molecule has 4 nitrogen and oxygen atoms in total. The summed E-state index contributed by atoms with van der Waals surface area (Å²) in [4.78, 5) is 4.43. The molecule has 0 aliphatic heterocycles. The molecular weight excluding hydrogens is 276 g/mol. The standard InChI is InChI=1S/C18H18N2O2/c1-12-7-9-16(10-8-12)21-14(3)18-19-17(20-22-18)15-6-4-5-13(2)11-15/h4-11,14H,1-3H3/t14-/m1/s1. The summed E-state index contributed by atoms with van der Waals surface area (Å²) < 4.78 is 11.2. The van der Waals surface area contributed by atoms with Crippen molar-refractivity contribution >= 4 is 0 Å². The molecule has 0 fully saturated rings. The van der Waals surface area contributed by atoms with Gasteiger partial charge >= 0.3 is 0 Å². The van der Waals surface area contributed by atoms with Crippen LogP contribution in [0.3, 0.4) is 0 Å². The van der Waals surface area contributed by atoms with E-state index in [4.69, 9.17) is 9.26 Å². The normalized spacial score (nSPS) is 12.1. The Balaban J connectivity index is 1.76. The van der Waals surface area contributed by atoms with Crippen molar-refractivity contribution in [1.29, 1.82) is 0 Å². The van der Waals surface area contributed by atoms with Crippen molar-refractivity contribution in [3.63, 3.8) is 0 Å². The van der Waals surface area contributed by atoms with Crippen LogP contribution in [0.4, 0.5) is 0 Å². The number of aromatic nitrogens is 2. The predicted octanol–water partition coefficient (Wildman–Crippen LogP) is 4.49. The molecule has 1 heterocycles. The molecule has 0 spiro atoms. The number of benzene rings is 2. The van der Waals surface area contributed by atoms with E-state index in [0.717, 1.165) is 16.9 Å². The first kappa shape index (κ1) is 14.3.